The normalized spacial score (nSPS) is 10.2. The molecule has 11 heavy (non-hydrogen) atoms. The Morgan fingerprint density at radius 3 is 2.82 bits per heavy atom. The molecule has 0 saturated heterocycles. The molecule has 0 bridgehead atoms. The molecular weight excluding hydrogens is 203 g/mol. The van der Waals surface area contributed by atoms with E-state index in [0.717, 1.165) is 16.7 Å². The van der Waals surface area contributed by atoms with Crippen LogP contribution in [0.2, 0.25) is 0 Å². The molecule has 2 aromatic rings. The molecule has 1 nitrogen and oxygen atoms in total. The van der Waals surface area contributed by atoms with Crippen molar-refractivity contribution in [1.29, 1.82) is 0 Å². The summed E-state index contributed by atoms with van der Waals surface area (Å²) in [5.74, 6) is 0.881. The van der Waals surface area contributed by atoms with Crippen molar-refractivity contribution < 1.29 is 4.42 Å². The summed E-state index contributed by atoms with van der Waals surface area (Å²) < 4.78 is 5.43. The SMILES string of the molecule is [Se]=Cc1cc2ccccc2o1. The summed E-state index contributed by atoms with van der Waals surface area (Å²) in [6.45, 7) is 0. The summed E-state index contributed by atoms with van der Waals surface area (Å²) in [4.78, 5) is 1.83. The van der Waals surface area contributed by atoms with Crippen LogP contribution in [0.25, 0.3) is 11.0 Å². The van der Waals surface area contributed by atoms with Crippen LogP contribution in [-0.2, 0) is 0 Å². The van der Waals surface area contributed by atoms with Crippen LogP contribution in [0.4, 0.5) is 0 Å². The molecule has 0 aliphatic rings. The second kappa shape index (κ2) is 2.65. The molecule has 0 amide bonds. The first-order valence-corrected chi connectivity index (χ1v) is 4.33. The molecule has 0 fully saturated rings. The van der Waals surface area contributed by atoms with Crippen molar-refractivity contribution in [2.45, 2.75) is 0 Å². The average molecular weight is 209 g/mol. The predicted octanol–water partition coefficient (Wildman–Crippen LogP) is 1.75. The van der Waals surface area contributed by atoms with Gasteiger partial charge in [0.15, 0.2) is 0 Å². The Morgan fingerprint density at radius 1 is 1.27 bits per heavy atom. The van der Waals surface area contributed by atoms with E-state index >= 15 is 0 Å². The molecule has 0 N–H and O–H groups in total. The summed E-state index contributed by atoms with van der Waals surface area (Å²) in [7, 11) is 0. The van der Waals surface area contributed by atoms with E-state index in [4.69, 9.17) is 4.42 Å². The van der Waals surface area contributed by atoms with Gasteiger partial charge in [-0.3, -0.25) is 0 Å². The number of rotatable bonds is 1. The topological polar surface area (TPSA) is 13.1 Å². The van der Waals surface area contributed by atoms with Gasteiger partial charge in [-0.15, -0.1) is 0 Å². The predicted molar refractivity (Wildman–Crippen MR) is 47.1 cm³/mol. The molecule has 0 unspecified atom stereocenters. The van der Waals surface area contributed by atoms with Crippen LogP contribution in [-0.4, -0.2) is 20.5 Å². The number of hydrogen-bond acceptors (Lipinski definition) is 1. The van der Waals surface area contributed by atoms with Crippen molar-refractivity contribution in [2.75, 3.05) is 0 Å². The fraction of sp³-hybridized carbons (Fsp3) is 0. The van der Waals surface area contributed by atoms with Crippen molar-refractivity contribution in [3.8, 4) is 0 Å². The molecule has 1 aromatic carbocycles. The Bertz CT molecular complexity index is 356. The van der Waals surface area contributed by atoms with Crippen molar-refractivity contribution in [2.24, 2.45) is 0 Å². The molecule has 1 heterocycles. The Kier molecular flexibility index (Phi) is 1.65. The molecule has 0 aliphatic carbocycles. The zero-order chi connectivity index (χ0) is 7.68. The van der Waals surface area contributed by atoms with Gasteiger partial charge in [0.05, 0.1) is 0 Å². The van der Waals surface area contributed by atoms with Crippen LogP contribution >= 0.6 is 0 Å². The van der Waals surface area contributed by atoms with E-state index in [2.05, 4.69) is 15.6 Å². The van der Waals surface area contributed by atoms with E-state index in [1.165, 1.54) is 0 Å². The van der Waals surface area contributed by atoms with Gasteiger partial charge in [0.25, 0.3) is 0 Å². The number of hydrogen-bond donors (Lipinski definition) is 0. The minimum absolute atomic E-state index is 0.881. The maximum absolute atomic E-state index is 5.43. The maximum atomic E-state index is 5.43. The quantitative estimate of drug-likeness (QED) is 0.652. The van der Waals surface area contributed by atoms with Crippen LogP contribution in [0.1, 0.15) is 5.76 Å². The van der Waals surface area contributed by atoms with Gasteiger partial charge < -0.3 is 0 Å². The van der Waals surface area contributed by atoms with E-state index < -0.39 is 0 Å². The molecule has 2 rings (SSSR count). The molecule has 0 atom stereocenters. The van der Waals surface area contributed by atoms with E-state index in [0.29, 0.717) is 0 Å². The fourth-order valence-electron chi connectivity index (χ4n) is 1.06. The van der Waals surface area contributed by atoms with Gasteiger partial charge in [-0.1, -0.05) is 0 Å². The van der Waals surface area contributed by atoms with Gasteiger partial charge in [-0.25, -0.2) is 0 Å². The van der Waals surface area contributed by atoms with Gasteiger partial charge in [0.2, 0.25) is 0 Å². The van der Waals surface area contributed by atoms with Crippen LogP contribution in [0.3, 0.4) is 0 Å². The van der Waals surface area contributed by atoms with Crippen molar-refractivity contribution >= 4 is 31.5 Å². The molecule has 0 aliphatic heterocycles. The molecule has 1 aromatic heterocycles. The number of fused-ring (bicyclic) bond motifs is 1. The Morgan fingerprint density at radius 2 is 2.09 bits per heavy atom. The van der Waals surface area contributed by atoms with Gasteiger partial charge >= 0.3 is 72.0 Å². The molecule has 0 spiro atoms. The summed E-state index contributed by atoms with van der Waals surface area (Å²) in [6, 6.07) is 9.97. The Labute approximate surface area is 72.4 Å². The van der Waals surface area contributed by atoms with Crippen molar-refractivity contribution in [3.63, 3.8) is 0 Å². The van der Waals surface area contributed by atoms with E-state index in [1.54, 1.807) is 0 Å². The monoisotopic (exact) mass is 210 g/mol. The Hall–Kier alpha value is -0.851. The summed E-state index contributed by atoms with van der Waals surface area (Å²) in [6.07, 6.45) is 0. The molecule has 54 valence electrons. The third-order valence-electron chi connectivity index (χ3n) is 1.56. The minimum atomic E-state index is 0.881. The molecular formula is C9H6OSe. The third kappa shape index (κ3) is 1.15. The first-order valence-electron chi connectivity index (χ1n) is 3.34. The first kappa shape index (κ1) is 6.83. The van der Waals surface area contributed by atoms with Gasteiger partial charge in [-0.2, -0.15) is 0 Å². The fourth-order valence-corrected chi connectivity index (χ4v) is 1.30. The standard InChI is InChI=1S/C9H6OSe/c11-6-8-5-7-3-1-2-4-9(7)10-8/h1-6H. The van der Waals surface area contributed by atoms with Crippen LogP contribution < -0.4 is 0 Å². The number of furan rings is 1. The molecule has 0 saturated carbocycles. The van der Waals surface area contributed by atoms with Crippen LogP contribution in [0.5, 0.6) is 0 Å². The zero-order valence-corrected chi connectivity index (χ0v) is 7.49. The molecule has 0 radical (unpaired) electrons. The van der Waals surface area contributed by atoms with Crippen LogP contribution in [0.15, 0.2) is 34.7 Å². The zero-order valence-electron chi connectivity index (χ0n) is 5.78. The third-order valence-corrected chi connectivity index (χ3v) is 2.05. The summed E-state index contributed by atoms with van der Waals surface area (Å²) in [5, 5.41) is 1.15. The number of para-hydroxylation sites is 1. The first-order chi connectivity index (χ1) is 5.40. The Balaban J connectivity index is 2.78. The van der Waals surface area contributed by atoms with E-state index in [-0.39, 0.29) is 0 Å². The second-order valence-electron chi connectivity index (χ2n) is 2.30. The van der Waals surface area contributed by atoms with Gasteiger partial charge in [-0.05, 0) is 0 Å². The summed E-state index contributed by atoms with van der Waals surface area (Å²) >= 11 is 2.80. The van der Waals surface area contributed by atoms with Gasteiger partial charge in [0, 0.05) is 0 Å². The van der Waals surface area contributed by atoms with Crippen molar-refractivity contribution in [1.82, 2.24) is 0 Å². The van der Waals surface area contributed by atoms with Crippen molar-refractivity contribution in [3.05, 3.63) is 36.1 Å². The summed E-state index contributed by atoms with van der Waals surface area (Å²) in [5.41, 5.74) is 0.939. The van der Waals surface area contributed by atoms with E-state index in [1.807, 2.05) is 35.3 Å². The second-order valence-corrected chi connectivity index (χ2v) is 2.80. The molecule has 2 heteroatoms. The van der Waals surface area contributed by atoms with E-state index in [9.17, 15) is 0 Å². The number of benzene rings is 1. The van der Waals surface area contributed by atoms with Crippen LogP contribution in [0, 0.1) is 0 Å². The average Bonchev–Trinajstić information content (AvgIpc) is 2.46. The van der Waals surface area contributed by atoms with Gasteiger partial charge in [0.1, 0.15) is 0 Å².